The Morgan fingerprint density at radius 2 is 2.21 bits per heavy atom. The Hall–Kier alpha value is -1.08. The van der Waals surface area contributed by atoms with Crippen molar-refractivity contribution in [3.8, 4) is 6.07 Å². The third-order valence-electron chi connectivity index (χ3n) is 2.12. The first-order chi connectivity index (χ1) is 6.43. The topological polar surface area (TPSA) is 73.1 Å². The smallest absolute Gasteiger partial charge is 0.237 e. The largest absolute Gasteiger partial charge is 0.396 e. The van der Waals surface area contributed by atoms with Crippen LogP contribution in [0.3, 0.4) is 0 Å². The van der Waals surface area contributed by atoms with E-state index in [1.165, 1.54) is 0 Å². The van der Waals surface area contributed by atoms with Gasteiger partial charge in [-0.25, -0.2) is 0 Å². The molecule has 0 saturated carbocycles. The molecule has 4 heteroatoms. The minimum Gasteiger partial charge on any atom is -0.396 e. The summed E-state index contributed by atoms with van der Waals surface area (Å²) in [5, 5.41) is 19.9. The fraction of sp³-hybridized carbons (Fsp3) is 0.800. The van der Waals surface area contributed by atoms with Crippen molar-refractivity contribution in [3.63, 3.8) is 0 Å². The Kier molecular flexibility index (Phi) is 5.18. The monoisotopic (exact) mass is 198 g/mol. The number of aliphatic hydroxyl groups excluding tert-OH is 1. The minimum atomic E-state index is -0.611. The average Bonchev–Trinajstić information content (AvgIpc) is 2.13. The Balaban J connectivity index is 3.94. The number of aliphatic hydroxyl groups is 1. The van der Waals surface area contributed by atoms with E-state index in [2.05, 4.69) is 5.32 Å². The molecule has 0 aliphatic rings. The van der Waals surface area contributed by atoms with Gasteiger partial charge < -0.3 is 10.4 Å². The fourth-order valence-electron chi connectivity index (χ4n) is 0.929. The summed E-state index contributed by atoms with van der Waals surface area (Å²) >= 11 is 0. The summed E-state index contributed by atoms with van der Waals surface area (Å²) in [5.41, 5.74) is -0.125. The second-order valence-electron chi connectivity index (χ2n) is 4.21. The number of carbonyl (C=O) groups excluding carboxylic acids is 1. The molecule has 4 nitrogen and oxygen atoms in total. The van der Waals surface area contributed by atoms with E-state index in [9.17, 15) is 4.79 Å². The van der Waals surface area contributed by atoms with Gasteiger partial charge >= 0.3 is 0 Å². The van der Waals surface area contributed by atoms with Crippen LogP contribution in [-0.2, 0) is 4.79 Å². The quantitative estimate of drug-likeness (QED) is 0.682. The van der Waals surface area contributed by atoms with Crippen molar-refractivity contribution in [3.05, 3.63) is 0 Å². The maximum Gasteiger partial charge on any atom is 0.237 e. The van der Waals surface area contributed by atoms with Gasteiger partial charge in [0.15, 0.2) is 0 Å². The Morgan fingerprint density at radius 1 is 1.64 bits per heavy atom. The van der Waals surface area contributed by atoms with Gasteiger partial charge in [-0.2, -0.15) is 5.26 Å². The van der Waals surface area contributed by atoms with Gasteiger partial charge in [-0.15, -0.1) is 0 Å². The fourth-order valence-corrected chi connectivity index (χ4v) is 0.929. The van der Waals surface area contributed by atoms with Gasteiger partial charge in [-0.3, -0.25) is 4.79 Å². The number of nitriles is 1. The normalized spacial score (nSPS) is 13.1. The lowest BCUT2D eigenvalue weighted by atomic mass is 9.89. The van der Waals surface area contributed by atoms with E-state index in [1.807, 2.05) is 19.9 Å². The van der Waals surface area contributed by atoms with Crippen LogP contribution in [0.15, 0.2) is 0 Å². The maximum atomic E-state index is 11.2. The van der Waals surface area contributed by atoms with Crippen molar-refractivity contribution >= 4 is 5.91 Å². The van der Waals surface area contributed by atoms with E-state index in [0.717, 1.165) is 0 Å². The molecule has 0 bridgehead atoms. The lowest BCUT2D eigenvalue weighted by Gasteiger charge is -2.24. The van der Waals surface area contributed by atoms with Gasteiger partial charge in [0, 0.05) is 13.2 Å². The average molecular weight is 198 g/mol. The molecule has 2 N–H and O–H groups in total. The van der Waals surface area contributed by atoms with E-state index in [-0.39, 0.29) is 17.9 Å². The standard InChI is InChI=1S/C10H18N2O2/c1-8(6-11)9(14)12-7-10(2,3)4-5-13/h8,13H,4-5,7H2,1-3H3,(H,12,14). The molecule has 1 unspecified atom stereocenters. The molecule has 0 rings (SSSR count). The van der Waals surface area contributed by atoms with Crippen LogP contribution in [-0.4, -0.2) is 24.2 Å². The maximum absolute atomic E-state index is 11.2. The van der Waals surface area contributed by atoms with E-state index in [1.54, 1.807) is 6.92 Å². The first-order valence-electron chi connectivity index (χ1n) is 4.71. The highest BCUT2D eigenvalue weighted by Crippen LogP contribution is 2.17. The summed E-state index contributed by atoms with van der Waals surface area (Å²) in [6.07, 6.45) is 0.633. The van der Waals surface area contributed by atoms with Crippen LogP contribution in [0.2, 0.25) is 0 Å². The molecule has 14 heavy (non-hydrogen) atoms. The van der Waals surface area contributed by atoms with Crippen molar-refractivity contribution in [2.45, 2.75) is 27.2 Å². The third-order valence-corrected chi connectivity index (χ3v) is 2.12. The van der Waals surface area contributed by atoms with Crippen molar-refractivity contribution in [1.29, 1.82) is 5.26 Å². The van der Waals surface area contributed by atoms with Gasteiger partial charge in [0.25, 0.3) is 0 Å². The molecule has 0 fully saturated rings. The van der Waals surface area contributed by atoms with Crippen LogP contribution in [0.5, 0.6) is 0 Å². The summed E-state index contributed by atoms with van der Waals surface area (Å²) in [5.74, 6) is -0.863. The first-order valence-corrected chi connectivity index (χ1v) is 4.71. The zero-order valence-corrected chi connectivity index (χ0v) is 9.00. The highest BCUT2D eigenvalue weighted by molar-refractivity contribution is 5.80. The molecular weight excluding hydrogens is 180 g/mol. The van der Waals surface area contributed by atoms with Crippen LogP contribution in [0.25, 0.3) is 0 Å². The third kappa shape index (κ3) is 4.83. The second-order valence-corrected chi connectivity index (χ2v) is 4.21. The van der Waals surface area contributed by atoms with E-state index >= 15 is 0 Å². The molecule has 1 atom stereocenters. The predicted molar refractivity (Wildman–Crippen MR) is 53.3 cm³/mol. The molecule has 0 heterocycles. The number of hydrogen-bond donors (Lipinski definition) is 2. The summed E-state index contributed by atoms with van der Waals surface area (Å²) in [4.78, 5) is 11.2. The molecule has 0 spiro atoms. The second kappa shape index (κ2) is 5.61. The minimum absolute atomic E-state index is 0.108. The number of rotatable bonds is 5. The molecule has 0 aromatic carbocycles. The van der Waals surface area contributed by atoms with E-state index in [4.69, 9.17) is 10.4 Å². The lowest BCUT2D eigenvalue weighted by Crippen LogP contribution is -2.37. The van der Waals surface area contributed by atoms with Crippen LogP contribution in [0.1, 0.15) is 27.2 Å². The van der Waals surface area contributed by atoms with Crippen molar-refractivity contribution < 1.29 is 9.90 Å². The number of nitrogens with one attached hydrogen (secondary N) is 1. The number of nitrogens with zero attached hydrogens (tertiary/aromatic N) is 1. The summed E-state index contributed by atoms with van der Waals surface area (Å²) in [7, 11) is 0. The number of amides is 1. The predicted octanol–water partition coefficient (Wildman–Crippen LogP) is 0.671. The molecule has 80 valence electrons. The van der Waals surface area contributed by atoms with Crippen molar-refractivity contribution in [1.82, 2.24) is 5.32 Å². The highest BCUT2D eigenvalue weighted by Gasteiger charge is 2.19. The Bertz CT molecular complexity index is 231. The van der Waals surface area contributed by atoms with E-state index in [0.29, 0.717) is 13.0 Å². The van der Waals surface area contributed by atoms with Crippen LogP contribution in [0.4, 0.5) is 0 Å². The van der Waals surface area contributed by atoms with E-state index < -0.39 is 5.92 Å². The van der Waals surface area contributed by atoms with Crippen LogP contribution >= 0.6 is 0 Å². The molecule has 1 amide bonds. The molecular formula is C10H18N2O2. The molecule has 0 radical (unpaired) electrons. The zero-order valence-electron chi connectivity index (χ0n) is 9.00. The molecule has 0 saturated heterocycles. The number of carbonyl (C=O) groups is 1. The molecule has 0 aliphatic carbocycles. The van der Waals surface area contributed by atoms with Crippen LogP contribution < -0.4 is 5.32 Å². The number of hydrogen-bond acceptors (Lipinski definition) is 3. The lowest BCUT2D eigenvalue weighted by molar-refractivity contribution is -0.123. The van der Waals surface area contributed by atoms with Crippen LogP contribution in [0, 0.1) is 22.7 Å². The molecule has 0 aromatic heterocycles. The Labute approximate surface area is 84.9 Å². The molecule has 0 aromatic rings. The van der Waals surface area contributed by atoms with Gasteiger partial charge in [-0.05, 0) is 18.8 Å². The van der Waals surface area contributed by atoms with Gasteiger partial charge in [0.1, 0.15) is 5.92 Å². The molecule has 0 aliphatic heterocycles. The first kappa shape index (κ1) is 12.9. The van der Waals surface area contributed by atoms with Crippen molar-refractivity contribution in [2.24, 2.45) is 11.3 Å². The summed E-state index contributed by atoms with van der Waals surface area (Å²) in [6.45, 7) is 6.07. The van der Waals surface area contributed by atoms with Crippen molar-refractivity contribution in [2.75, 3.05) is 13.2 Å². The van der Waals surface area contributed by atoms with Gasteiger partial charge in [-0.1, -0.05) is 13.8 Å². The SMILES string of the molecule is CC(C#N)C(=O)NCC(C)(C)CCO. The van der Waals surface area contributed by atoms with Gasteiger partial charge in [0.05, 0.1) is 6.07 Å². The van der Waals surface area contributed by atoms with Gasteiger partial charge in [0.2, 0.25) is 5.91 Å². The Morgan fingerprint density at radius 3 is 2.64 bits per heavy atom. The highest BCUT2D eigenvalue weighted by atomic mass is 16.3. The summed E-state index contributed by atoms with van der Waals surface area (Å²) < 4.78 is 0. The summed E-state index contributed by atoms with van der Waals surface area (Å²) in [6, 6.07) is 1.87. The zero-order chi connectivity index (χ0) is 11.2.